The van der Waals surface area contributed by atoms with E-state index in [0.717, 1.165) is 5.56 Å². The van der Waals surface area contributed by atoms with E-state index < -0.39 is 16.3 Å². The van der Waals surface area contributed by atoms with Gasteiger partial charge in [0, 0.05) is 26.1 Å². The van der Waals surface area contributed by atoms with E-state index in [1.807, 2.05) is 36.4 Å². The van der Waals surface area contributed by atoms with Crippen LogP contribution in [0, 0.1) is 11.8 Å². The molecule has 0 radical (unpaired) electrons. The first-order valence-corrected chi connectivity index (χ1v) is 14.3. The van der Waals surface area contributed by atoms with Crippen LogP contribution in [0.25, 0.3) is 0 Å². The van der Waals surface area contributed by atoms with E-state index in [4.69, 9.17) is 14.2 Å². The Balaban J connectivity index is 1.58. The quantitative estimate of drug-likeness (QED) is 0.374. The number of aliphatic hydroxyl groups is 1. The zero-order valence-corrected chi connectivity index (χ0v) is 23.0. The molecule has 0 aromatic heterocycles. The molecule has 0 saturated heterocycles. The van der Waals surface area contributed by atoms with Crippen molar-refractivity contribution in [3.05, 3.63) is 72.0 Å². The van der Waals surface area contributed by atoms with Crippen LogP contribution in [0.1, 0.15) is 25.8 Å². The average Bonchev–Trinajstić information content (AvgIpc) is 2.93. The fraction of sp³-hybridized carbons (Fsp3) is 0.464. The molecule has 208 valence electrons. The van der Waals surface area contributed by atoms with E-state index in [0.29, 0.717) is 25.1 Å². The molecule has 0 spiro atoms. The first-order chi connectivity index (χ1) is 18.2. The lowest BCUT2D eigenvalue weighted by Gasteiger charge is -2.31. The van der Waals surface area contributed by atoms with E-state index in [-0.39, 0.29) is 54.7 Å². The Morgan fingerprint density at radius 2 is 1.84 bits per heavy atom. The molecule has 9 nitrogen and oxygen atoms in total. The van der Waals surface area contributed by atoms with Crippen molar-refractivity contribution in [2.24, 2.45) is 11.8 Å². The number of carbonyl (C=O) groups is 1. The van der Waals surface area contributed by atoms with Crippen LogP contribution in [0.5, 0.6) is 5.75 Å². The lowest BCUT2D eigenvalue weighted by atomic mass is 9.90. The topological polar surface area (TPSA) is 114 Å². The molecule has 0 unspecified atom stereocenters. The number of ether oxygens (including phenoxy) is 3. The van der Waals surface area contributed by atoms with E-state index in [1.54, 1.807) is 12.1 Å². The Bertz CT molecular complexity index is 1150. The number of hydrogen-bond donors (Lipinski definition) is 2. The van der Waals surface area contributed by atoms with Gasteiger partial charge < -0.3 is 24.6 Å². The highest BCUT2D eigenvalue weighted by Gasteiger charge is 2.30. The Morgan fingerprint density at radius 1 is 1.13 bits per heavy atom. The van der Waals surface area contributed by atoms with Gasteiger partial charge in [0.2, 0.25) is 16.3 Å². The molecule has 1 aliphatic heterocycles. The minimum absolute atomic E-state index is 0.0173. The summed E-state index contributed by atoms with van der Waals surface area (Å²) in [5.41, 5.74) is 1.13. The molecule has 2 N–H and O–H groups in total. The molecule has 2 atom stereocenters. The van der Waals surface area contributed by atoms with Gasteiger partial charge in [-0.1, -0.05) is 44.2 Å². The van der Waals surface area contributed by atoms with Gasteiger partial charge in [0.05, 0.1) is 25.2 Å². The predicted molar refractivity (Wildman–Crippen MR) is 144 cm³/mol. The number of sulfonamides is 1. The van der Waals surface area contributed by atoms with Crippen LogP contribution in [0.2, 0.25) is 0 Å². The summed E-state index contributed by atoms with van der Waals surface area (Å²) in [4.78, 5) is 12.9. The van der Waals surface area contributed by atoms with Crippen molar-refractivity contribution in [2.75, 3.05) is 40.0 Å². The Morgan fingerprint density at radius 3 is 2.47 bits per heavy atom. The van der Waals surface area contributed by atoms with Crippen LogP contribution in [0.15, 0.2) is 71.3 Å². The van der Waals surface area contributed by atoms with E-state index in [1.165, 1.54) is 23.5 Å². The molecule has 38 heavy (non-hydrogen) atoms. The number of allylic oxidation sites excluding steroid dienone is 1. The van der Waals surface area contributed by atoms with Crippen molar-refractivity contribution in [1.82, 2.24) is 9.62 Å². The van der Waals surface area contributed by atoms with Crippen molar-refractivity contribution in [3.8, 4) is 5.75 Å². The second kappa shape index (κ2) is 14.3. The largest absolute Gasteiger partial charge is 0.497 e. The van der Waals surface area contributed by atoms with Gasteiger partial charge in [-0.2, -0.15) is 4.31 Å². The zero-order chi connectivity index (χ0) is 27.5. The van der Waals surface area contributed by atoms with Crippen LogP contribution < -0.4 is 10.1 Å². The van der Waals surface area contributed by atoms with Gasteiger partial charge in [-0.3, -0.25) is 4.79 Å². The van der Waals surface area contributed by atoms with Crippen molar-refractivity contribution in [3.63, 3.8) is 0 Å². The third kappa shape index (κ3) is 8.29. The van der Waals surface area contributed by atoms with Gasteiger partial charge >= 0.3 is 0 Å². The summed E-state index contributed by atoms with van der Waals surface area (Å²) in [5, 5.41) is 12.4. The number of hydrogen-bond acceptors (Lipinski definition) is 7. The minimum Gasteiger partial charge on any atom is -0.497 e. The monoisotopic (exact) mass is 546 g/mol. The Kier molecular flexibility index (Phi) is 11.1. The van der Waals surface area contributed by atoms with Gasteiger partial charge in [0.1, 0.15) is 5.75 Å². The first-order valence-electron chi connectivity index (χ1n) is 12.8. The van der Waals surface area contributed by atoms with Crippen LogP contribution in [0.3, 0.4) is 0 Å². The molecule has 10 heteroatoms. The van der Waals surface area contributed by atoms with Crippen LogP contribution in [0.4, 0.5) is 0 Å². The number of amides is 1. The predicted octanol–water partition coefficient (Wildman–Crippen LogP) is 2.96. The smallest absolute Gasteiger partial charge is 0.286 e. The van der Waals surface area contributed by atoms with Gasteiger partial charge in [-0.15, -0.1) is 0 Å². The lowest BCUT2D eigenvalue weighted by Crippen LogP contribution is -2.38. The average molecular weight is 547 g/mol. The zero-order valence-electron chi connectivity index (χ0n) is 22.2. The van der Waals surface area contributed by atoms with Crippen molar-refractivity contribution in [2.45, 2.75) is 37.9 Å². The van der Waals surface area contributed by atoms with E-state index in [9.17, 15) is 18.3 Å². The fourth-order valence-electron chi connectivity index (χ4n) is 4.11. The standard InChI is InChI=1S/C28H38N2O7S/c1-21(2)23-19-26(28(32)29-14-13-22-7-5-4-6-8-22)37-27(20-23)36-18-16-30(15-17-31)38(33,34)25-11-9-24(35-3)10-12-25/h4-12,19,21,23,27,31H,13-18,20H2,1-3H3,(H,29,32)/t23-,27+/m0/s1. The molecule has 2 aromatic carbocycles. The highest BCUT2D eigenvalue weighted by molar-refractivity contribution is 7.89. The summed E-state index contributed by atoms with van der Waals surface area (Å²) in [5.74, 6) is 0.789. The third-order valence-electron chi connectivity index (χ3n) is 6.40. The van der Waals surface area contributed by atoms with Gasteiger partial charge in [-0.25, -0.2) is 8.42 Å². The number of methoxy groups -OCH3 is 1. The molecular weight excluding hydrogens is 508 g/mol. The van der Waals surface area contributed by atoms with Crippen molar-refractivity contribution >= 4 is 15.9 Å². The summed E-state index contributed by atoms with van der Waals surface area (Å²) in [6.07, 6.45) is 2.40. The first kappa shape index (κ1) is 29.6. The van der Waals surface area contributed by atoms with Crippen molar-refractivity contribution < 1.29 is 32.5 Å². The van der Waals surface area contributed by atoms with Crippen LogP contribution in [-0.4, -0.2) is 70.0 Å². The number of nitrogens with one attached hydrogen (secondary N) is 1. The third-order valence-corrected chi connectivity index (χ3v) is 8.31. The van der Waals surface area contributed by atoms with E-state index in [2.05, 4.69) is 19.2 Å². The molecule has 0 aliphatic carbocycles. The SMILES string of the molecule is COc1ccc(S(=O)(=O)N(CCO)CCO[C@H]2C[C@@H](C(C)C)C=C(C(=O)NCCc3ccccc3)O2)cc1. The summed E-state index contributed by atoms with van der Waals surface area (Å²) in [6, 6.07) is 16.0. The maximum atomic E-state index is 13.1. The maximum Gasteiger partial charge on any atom is 0.286 e. The van der Waals surface area contributed by atoms with Crippen LogP contribution >= 0.6 is 0 Å². The maximum absolute atomic E-state index is 13.1. The molecule has 0 bridgehead atoms. The lowest BCUT2D eigenvalue weighted by molar-refractivity contribution is -0.150. The molecule has 3 rings (SSSR count). The number of aliphatic hydroxyl groups excluding tert-OH is 1. The van der Waals surface area contributed by atoms with Crippen molar-refractivity contribution in [1.29, 1.82) is 0 Å². The summed E-state index contributed by atoms with van der Waals surface area (Å²) in [7, 11) is -2.35. The minimum atomic E-state index is -3.85. The molecule has 0 saturated carbocycles. The molecular formula is C28H38N2O7S. The molecule has 1 aliphatic rings. The van der Waals surface area contributed by atoms with Gasteiger partial charge in [-0.05, 0) is 54.2 Å². The molecule has 2 aromatic rings. The van der Waals surface area contributed by atoms with E-state index >= 15 is 0 Å². The molecule has 1 amide bonds. The molecule has 0 fully saturated rings. The number of benzene rings is 2. The Labute approximate surface area is 225 Å². The fourth-order valence-corrected chi connectivity index (χ4v) is 5.52. The number of nitrogens with zero attached hydrogens (tertiary/aromatic N) is 1. The number of carbonyl (C=O) groups excluding carboxylic acids is 1. The second-order valence-corrected chi connectivity index (χ2v) is 11.3. The summed E-state index contributed by atoms with van der Waals surface area (Å²) >= 11 is 0. The second-order valence-electron chi connectivity index (χ2n) is 9.39. The van der Waals surface area contributed by atoms with Crippen LogP contribution in [-0.2, 0) is 30.7 Å². The summed E-state index contributed by atoms with van der Waals surface area (Å²) < 4.78 is 44.3. The normalized spacial score (nSPS) is 17.7. The van der Waals surface area contributed by atoms with Gasteiger partial charge in [0.15, 0.2) is 5.76 Å². The van der Waals surface area contributed by atoms with Gasteiger partial charge in [0.25, 0.3) is 5.91 Å². The highest BCUT2D eigenvalue weighted by Crippen LogP contribution is 2.29. The highest BCUT2D eigenvalue weighted by atomic mass is 32.2. The molecule has 1 heterocycles. The Hall–Kier alpha value is -2.92. The summed E-state index contributed by atoms with van der Waals surface area (Å²) in [6.45, 7) is 4.25. The number of rotatable bonds is 14.